The van der Waals surface area contributed by atoms with E-state index in [-0.39, 0.29) is 49.9 Å². The van der Waals surface area contributed by atoms with Gasteiger partial charge in [0.05, 0.1) is 16.5 Å². The maximum Gasteiger partial charge on any atom is 0.431 e. The summed E-state index contributed by atoms with van der Waals surface area (Å²) in [4.78, 5) is 48.2. The minimum atomic E-state index is -4.97. The maximum atomic E-state index is 14.5. The van der Waals surface area contributed by atoms with Crippen LogP contribution in [0, 0.1) is 5.82 Å². The lowest BCUT2D eigenvalue weighted by molar-refractivity contribution is -0.144. The Hall–Kier alpha value is -3.06. The molecular formula is C20H19ClF4N4O4S. The van der Waals surface area contributed by atoms with Crippen molar-refractivity contribution in [3.05, 3.63) is 67.7 Å². The summed E-state index contributed by atoms with van der Waals surface area (Å²) in [7, 11) is 0.799. The fraction of sp³-hybridized carbons (Fsp3) is 0.300. The van der Waals surface area contributed by atoms with Gasteiger partial charge in [-0.05, 0) is 19.1 Å². The SMILES string of the molecule is C=C(C)C(=O)NCCNC(=O)CSc1cc(-n2c(=O)cc(C(F)(F)F)n(C)c2=O)c(F)cc1Cl. The van der Waals surface area contributed by atoms with Crippen LogP contribution in [0.2, 0.25) is 5.02 Å². The largest absolute Gasteiger partial charge is 0.431 e. The monoisotopic (exact) mass is 522 g/mol. The van der Waals surface area contributed by atoms with E-state index in [1.807, 2.05) is 0 Å². The summed E-state index contributed by atoms with van der Waals surface area (Å²) in [5, 5.41) is 4.92. The maximum absolute atomic E-state index is 14.5. The third-order valence-electron chi connectivity index (χ3n) is 4.33. The lowest BCUT2D eigenvalue weighted by Gasteiger charge is -2.15. The zero-order valence-electron chi connectivity index (χ0n) is 17.9. The molecule has 0 bridgehead atoms. The summed E-state index contributed by atoms with van der Waals surface area (Å²) < 4.78 is 54.1. The van der Waals surface area contributed by atoms with Crippen molar-refractivity contribution in [2.24, 2.45) is 7.05 Å². The second-order valence-electron chi connectivity index (χ2n) is 6.95. The van der Waals surface area contributed by atoms with Gasteiger partial charge >= 0.3 is 11.9 Å². The van der Waals surface area contributed by atoms with E-state index in [4.69, 9.17) is 11.6 Å². The minimum absolute atomic E-state index is 0.109. The molecule has 2 aromatic rings. The number of hydrogen-bond donors (Lipinski definition) is 2. The second kappa shape index (κ2) is 10.9. The van der Waals surface area contributed by atoms with Gasteiger partial charge in [-0.1, -0.05) is 18.2 Å². The molecule has 0 atom stereocenters. The van der Waals surface area contributed by atoms with Crippen LogP contribution in [0.25, 0.3) is 5.69 Å². The summed E-state index contributed by atoms with van der Waals surface area (Å²) in [6.07, 6.45) is -4.97. The Kier molecular flexibility index (Phi) is 8.72. The minimum Gasteiger partial charge on any atom is -0.354 e. The van der Waals surface area contributed by atoms with Crippen LogP contribution in [0.1, 0.15) is 12.6 Å². The molecule has 1 aromatic carbocycles. The highest BCUT2D eigenvalue weighted by atomic mass is 35.5. The molecule has 0 aliphatic rings. The van der Waals surface area contributed by atoms with E-state index in [2.05, 4.69) is 17.2 Å². The average molecular weight is 523 g/mol. The predicted molar refractivity (Wildman–Crippen MR) is 119 cm³/mol. The lowest BCUT2D eigenvalue weighted by atomic mass is 10.3. The molecule has 1 aromatic heterocycles. The Morgan fingerprint density at radius 2 is 1.76 bits per heavy atom. The Balaban J connectivity index is 2.22. The number of nitrogens with one attached hydrogen (secondary N) is 2. The second-order valence-corrected chi connectivity index (χ2v) is 8.38. The van der Waals surface area contributed by atoms with E-state index in [0.717, 1.165) is 30.9 Å². The highest BCUT2D eigenvalue weighted by Gasteiger charge is 2.35. The molecule has 8 nitrogen and oxygen atoms in total. The van der Waals surface area contributed by atoms with Crippen LogP contribution in [-0.2, 0) is 22.8 Å². The van der Waals surface area contributed by atoms with E-state index < -0.39 is 40.5 Å². The van der Waals surface area contributed by atoms with Gasteiger partial charge in [0.1, 0.15) is 11.5 Å². The number of carbonyl (C=O) groups is 2. The molecule has 0 fully saturated rings. The number of nitrogens with zero attached hydrogens (tertiary/aromatic N) is 2. The molecule has 14 heteroatoms. The molecule has 1 heterocycles. The first-order valence-corrected chi connectivity index (χ1v) is 10.8. The van der Waals surface area contributed by atoms with Crippen LogP contribution in [0.5, 0.6) is 0 Å². The van der Waals surface area contributed by atoms with Gasteiger partial charge in [-0.2, -0.15) is 13.2 Å². The van der Waals surface area contributed by atoms with Gasteiger partial charge in [-0.15, -0.1) is 11.8 Å². The van der Waals surface area contributed by atoms with Gasteiger partial charge in [-0.25, -0.2) is 13.8 Å². The van der Waals surface area contributed by atoms with E-state index in [1.54, 1.807) is 0 Å². The fourth-order valence-corrected chi connectivity index (χ4v) is 3.74. The van der Waals surface area contributed by atoms with Crippen molar-refractivity contribution in [3.8, 4) is 5.69 Å². The van der Waals surface area contributed by atoms with Crippen molar-refractivity contribution in [2.75, 3.05) is 18.8 Å². The number of rotatable bonds is 8. The highest BCUT2D eigenvalue weighted by Crippen LogP contribution is 2.31. The van der Waals surface area contributed by atoms with Crippen LogP contribution in [-0.4, -0.2) is 39.8 Å². The molecule has 2 rings (SSSR count). The zero-order valence-corrected chi connectivity index (χ0v) is 19.5. The van der Waals surface area contributed by atoms with Crippen LogP contribution in [0.4, 0.5) is 17.6 Å². The third-order valence-corrected chi connectivity index (χ3v) is 5.81. The number of hydrogen-bond acceptors (Lipinski definition) is 5. The van der Waals surface area contributed by atoms with Gasteiger partial charge in [0.15, 0.2) is 0 Å². The average Bonchev–Trinajstić information content (AvgIpc) is 2.73. The van der Waals surface area contributed by atoms with Crippen molar-refractivity contribution in [3.63, 3.8) is 0 Å². The Morgan fingerprint density at radius 1 is 1.15 bits per heavy atom. The topological polar surface area (TPSA) is 102 Å². The van der Waals surface area contributed by atoms with Crippen molar-refractivity contribution in [1.29, 1.82) is 0 Å². The smallest absolute Gasteiger partial charge is 0.354 e. The summed E-state index contributed by atoms with van der Waals surface area (Å²) in [5.74, 6) is -2.14. The number of thioether (sulfide) groups is 1. The Bertz CT molecular complexity index is 1260. The molecule has 0 spiro atoms. The normalized spacial score (nSPS) is 11.3. The molecule has 34 heavy (non-hydrogen) atoms. The number of carbonyl (C=O) groups excluding carboxylic acids is 2. The molecule has 2 amide bonds. The molecular weight excluding hydrogens is 504 g/mol. The first-order chi connectivity index (χ1) is 15.7. The first-order valence-electron chi connectivity index (χ1n) is 9.47. The molecule has 2 N–H and O–H groups in total. The standard InChI is InChI=1S/C20H19ClF4N4O4S/c1-10(2)18(32)27-5-4-26-16(30)9-34-14-7-13(12(22)6-11(14)21)29-17(31)8-15(20(23,24)25)28(3)19(29)33/h6-8H,1,4-5,9H2,2-3H3,(H,26,30)(H,27,32). The molecule has 0 unspecified atom stereocenters. The highest BCUT2D eigenvalue weighted by molar-refractivity contribution is 8.00. The third kappa shape index (κ3) is 6.50. The van der Waals surface area contributed by atoms with Crippen molar-refractivity contribution in [2.45, 2.75) is 18.0 Å². The van der Waals surface area contributed by atoms with Crippen molar-refractivity contribution in [1.82, 2.24) is 19.8 Å². The van der Waals surface area contributed by atoms with Gasteiger partial charge in [0, 0.05) is 36.7 Å². The molecule has 0 aliphatic carbocycles. The van der Waals surface area contributed by atoms with Crippen LogP contribution < -0.4 is 21.9 Å². The van der Waals surface area contributed by atoms with Crippen LogP contribution >= 0.6 is 23.4 Å². The molecule has 0 saturated carbocycles. The molecule has 0 aliphatic heterocycles. The summed E-state index contributed by atoms with van der Waals surface area (Å²) in [6, 6.07) is 1.97. The quantitative estimate of drug-likeness (QED) is 0.240. The van der Waals surface area contributed by atoms with Gasteiger partial charge < -0.3 is 10.6 Å². The number of alkyl halides is 3. The van der Waals surface area contributed by atoms with Crippen LogP contribution in [0.3, 0.4) is 0 Å². The van der Waals surface area contributed by atoms with E-state index in [9.17, 15) is 36.7 Å². The molecule has 184 valence electrons. The van der Waals surface area contributed by atoms with Gasteiger partial charge in [0.2, 0.25) is 11.8 Å². The zero-order chi connectivity index (χ0) is 25.8. The van der Waals surface area contributed by atoms with E-state index in [0.29, 0.717) is 5.57 Å². The summed E-state index contributed by atoms with van der Waals surface area (Å²) >= 11 is 6.84. The first kappa shape index (κ1) is 27.2. The number of benzene rings is 1. The predicted octanol–water partition coefficient (Wildman–Crippen LogP) is 2.25. The van der Waals surface area contributed by atoms with Gasteiger partial charge in [0.25, 0.3) is 5.56 Å². The molecule has 0 radical (unpaired) electrons. The van der Waals surface area contributed by atoms with Crippen molar-refractivity contribution < 1.29 is 27.2 Å². The Morgan fingerprint density at radius 3 is 2.35 bits per heavy atom. The Labute approximate surface area is 199 Å². The number of amides is 2. The van der Waals surface area contributed by atoms with E-state index >= 15 is 0 Å². The fourth-order valence-electron chi connectivity index (χ4n) is 2.64. The summed E-state index contributed by atoms with van der Waals surface area (Å²) in [5.41, 5.74) is -4.59. The van der Waals surface area contributed by atoms with E-state index in [1.165, 1.54) is 6.92 Å². The molecule has 0 saturated heterocycles. The summed E-state index contributed by atoms with van der Waals surface area (Å²) in [6.45, 7) is 5.28. The van der Waals surface area contributed by atoms with Crippen molar-refractivity contribution >= 4 is 35.2 Å². The van der Waals surface area contributed by atoms with Crippen LogP contribution in [0.15, 0.2) is 44.8 Å². The lowest BCUT2D eigenvalue weighted by Crippen LogP contribution is -2.41. The number of halogens is 5. The number of aromatic nitrogens is 2. The van der Waals surface area contributed by atoms with Gasteiger partial charge in [-0.3, -0.25) is 19.0 Å².